The van der Waals surface area contributed by atoms with Gasteiger partial charge in [-0.05, 0) is 46.8 Å². The number of hydrogen-bond donors (Lipinski definition) is 1. The summed E-state index contributed by atoms with van der Waals surface area (Å²) in [6.45, 7) is 5.05. The van der Waals surface area contributed by atoms with Gasteiger partial charge in [0.2, 0.25) is 0 Å². The topological polar surface area (TPSA) is 35.2 Å². The maximum absolute atomic E-state index is 6.01. The van der Waals surface area contributed by atoms with Crippen molar-refractivity contribution in [3.8, 4) is 5.75 Å². The molecule has 1 atom stereocenters. The van der Waals surface area contributed by atoms with Gasteiger partial charge in [0.25, 0.3) is 0 Å². The fourth-order valence-electron chi connectivity index (χ4n) is 1.62. The van der Waals surface area contributed by atoms with Crippen molar-refractivity contribution in [2.24, 2.45) is 5.73 Å². The van der Waals surface area contributed by atoms with Crippen molar-refractivity contribution in [1.29, 1.82) is 0 Å². The molecule has 0 heterocycles. The van der Waals surface area contributed by atoms with E-state index in [9.17, 15) is 0 Å². The first-order chi connectivity index (χ1) is 8.19. The Labute approximate surface area is 113 Å². The highest BCUT2D eigenvalue weighted by molar-refractivity contribution is 9.10. The second kappa shape index (κ2) is 7.72. The number of halogens is 1. The summed E-state index contributed by atoms with van der Waals surface area (Å²) in [7, 11) is 0. The Morgan fingerprint density at radius 1 is 1.35 bits per heavy atom. The molecule has 1 unspecified atom stereocenters. The zero-order chi connectivity index (χ0) is 12.7. The van der Waals surface area contributed by atoms with Crippen molar-refractivity contribution in [3.63, 3.8) is 0 Å². The summed E-state index contributed by atoms with van der Waals surface area (Å²) >= 11 is 3.55. The average Bonchev–Trinajstić information content (AvgIpc) is 2.32. The molecule has 0 aliphatic heterocycles. The van der Waals surface area contributed by atoms with Crippen molar-refractivity contribution in [2.75, 3.05) is 6.61 Å². The third-order valence-electron chi connectivity index (χ3n) is 2.80. The van der Waals surface area contributed by atoms with E-state index in [0.717, 1.165) is 42.5 Å². The van der Waals surface area contributed by atoms with Gasteiger partial charge in [-0.15, -0.1) is 0 Å². The molecule has 0 fully saturated rings. The van der Waals surface area contributed by atoms with Crippen LogP contribution < -0.4 is 10.5 Å². The van der Waals surface area contributed by atoms with Gasteiger partial charge in [0.15, 0.2) is 0 Å². The number of ether oxygens (including phenoxy) is 1. The lowest BCUT2D eigenvalue weighted by atomic mass is 10.0. The van der Waals surface area contributed by atoms with E-state index in [1.165, 1.54) is 5.56 Å². The second-order valence-electron chi connectivity index (χ2n) is 4.30. The summed E-state index contributed by atoms with van der Waals surface area (Å²) in [5, 5.41) is 0. The fourth-order valence-corrected chi connectivity index (χ4v) is 2.14. The summed E-state index contributed by atoms with van der Waals surface area (Å²) in [4.78, 5) is 0. The Morgan fingerprint density at radius 2 is 2.12 bits per heavy atom. The van der Waals surface area contributed by atoms with Crippen LogP contribution in [0, 0.1) is 0 Å². The number of unbranched alkanes of at least 4 members (excludes halogenated alkanes) is 1. The molecule has 1 aromatic rings. The highest BCUT2D eigenvalue weighted by Crippen LogP contribution is 2.30. The van der Waals surface area contributed by atoms with Gasteiger partial charge in [-0.25, -0.2) is 0 Å². The first-order valence-corrected chi connectivity index (χ1v) is 7.14. The lowest BCUT2D eigenvalue weighted by Crippen LogP contribution is -2.21. The Bertz CT molecular complexity index is 341. The normalized spacial score (nSPS) is 12.5. The molecular formula is C14H22BrNO. The van der Waals surface area contributed by atoms with Crippen LogP contribution in [0.1, 0.15) is 38.7 Å². The second-order valence-corrected chi connectivity index (χ2v) is 5.16. The third kappa shape index (κ3) is 4.68. The van der Waals surface area contributed by atoms with Gasteiger partial charge in [0.05, 0.1) is 11.1 Å². The number of hydrogen-bond acceptors (Lipinski definition) is 2. The molecule has 1 aromatic carbocycles. The predicted molar refractivity (Wildman–Crippen MR) is 76.5 cm³/mol. The molecule has 0 saturated carbocycles. The first-order valence-electron chi connectivity index (χ1n) is 6.34. The van der Waals surface area contributed by atoms with Crippen LogP contribution in [0.5, 0.6) is 5.75 Å². The summed E-state index contributed by atoms with van der Waals surface area (Å²) < 4.78 is 6.87. The Kier molecular flexibility index (Phi) is 6.60. The van der Waals surface area contributed by atoms with Crippen LogP contribution in [0.4, 0.5) is 0 Å². The summed E-state index contributed by atoms with van der Waals surface area (Å²) in [5.74, 6) is 0.963. The van der Waals surface area contributed by atoms with Crippen LogP contribution in [-0.2, 0) is 6.42 Å². The molecule has 17 heavy (non-hydrogen) atoms. The van der Waals surface area contributed by atoms with Crippen LogP contribution >= 0.6 is 15.9 Å². The SMILES string of the molecule is CCCCOc1c(Br)cccc1CC(N)CC. The van der Waals surface area contributed by atoms with Gasteiger partial charge in [-0.3, -0.25) is 0 Å². The van der Waals surface area contributed by atoms with Crippen LogP contribution in [0.3, 0.4) is 0 Å². The minimum absolute atomic E-state index is 0.206. The van der Waals surface area contributed by atoms with E-state index < -0.39 is 0 Å². The standard InChI is InChI=1S/C14H22BrNO/c1-3-5-9-17-14-11(10-12(16)4-2)7-6-8-13(14)15/h6-8,12H,3-5,9-10,16H2,1-2H3. The van der Waals surface area contributed by atoms with E-state index in [4.69, 9.17) is 10.5 Å². The molecule has 0 aromatic heterocycles. The van der Waals surface area contributed by atoms with Gasteiger partial charge in [-0.2, -0.15) is 0 Å². The Morgan fingerprint density at radius 3 is 2.76 bits per heavy atom. The number of benzene rings is 1. The van der Waals surface area contributed by atoms with E-state index in [-0.39, 0.29) is 6.04 Å². The first kappa shape index (κ1) is 14.5. The molecule has 1 rings (SSSR count). The van der Waals surface area contributed by atoms with E-state index >= 15 is 0 Å². The van der Waals surface area contributed by atoms with E-state index in [0.29, 0.717) is 0 Å². The Hall–Kier alpha value is -0.540. The van der Waals surface area contributed by atoms with E-state index in [1.807, 2.05) is 12.1 Å². The summed E-state index contributed by atoms with van der Waals surface area (Å²) in [6.07, 6.45) is 4.09. The van der Waals surface area contributed by atoms with Gasteiger partial charge < -0.3 is 10.5 Å². The highest BCUT2D eigenvalue weighted by atomic mass is 79.9. The van der Waals surface area contributed by atoms with Crippen molar-refractivity contribution in [1.82, 2.24) is 0 Å². The number of para-hydroxylation sites is 1. The molecule has 2 nitrogen and oxygen atoms in total. The fraction of sp³-hybridized carbons (Fsp3) is 0.571. The molecular weight excluding hydrogens is 278 g/mol. The minimum Gasteiger partial charge on any atom is -0.492 e. The van der Waals surface area contributed by atoms with Gasteiger partial charge in [0.1, 0.15) is 5.75 Å². The molecule has 2 N–H and O–H groups in total. The van der Waals surface area contributed by atoms with Crippen molar-refractivity contribution in [2.45, 2.75) is 45.6 Å². The average molecular weight is 300 g/mol. The van der Waals surface area contributed by atoms with Gasteiger partial charge >= 0.3 is 0 Å². The molecule has 0 amide bonds. The summed E-state index contributed by atoms with van der Waals surface area (Å²) in [6, 6.07) is 6.36. The molecule has 3 heteroatoms. The van der Waals surface area contributed by atoms with Crippen LogP contribution in [0.15, 0.2) is 22.7 Å². The van der Waals surface area contributed by atoms with E-state index in [1.54, 1.807) is 0 Å². The maximum Gasteiger partial charge on any atom is 0.136 e. The van der Waals surface area contributed by atoms with Gasteiger partial charge in [0, 0.05) is 6.04 Å². The van der Waals surface area contributed by atoms with Crippen LogP contribution in [0.25, 0.3) is 0 Å². The molecule has 96 valence electrons. The highest BCUT2D eigenvalue weighted by Gasteiger charge is 2.10. The number of rotatable bonds is 7. The monoisotopic (exact) mass is 299 g/mol. The summed E-state index contributed by atoms with van der Waals surface area (Å²) in [5.41, 5.74) is 7.21. The largest absolute Gasteiger partial charge is 0.492 e. The smallest absolute Gasteiger partial charge is 0.136 e. The maximum atomic E-state index is 6.01. The minimum atomic E-state index is 0.206. The Balaban J connectivity index is 2.76. The molecule has 0 spiro atoms. The van der Waals surface area contributed by atoms with Crippen LogP contribution in [-0.4, -0.2) is 12.6 Å². The molecule has 0 bridgehead atoms. The zero-order valence-corrected chi connectivity index (χ0v) is 12.3. The van der Waals surface area contributed by atoms with Crippen molar-refractivity contribution < 1.29 is 4.74 Å². The molecule has 0 aliphatic carbocycles. The zero-order valence-electron chi connectivity index (χ0n) is 10.7. The predicted octanol–water partition coefficient (Wildman–Crippen LogP) is 3.91. The number of nitrogens with two attached hydrogens (primary N) is 1. The molecule has 0 saturated heterocycles. The van der Waals surface area contributed by atoms with Gasteiger partial charge in [-0.1, -0.05) is 32.4 Å². The van der Waals surface area contributed by atoms with E-state index in [2.05, 4.69) is 35.8 Å². The lowest BCUT2D eigenvalue weighted by Gasteiger charge is -2.15. The molecule has 0 aliphatic rings. The third-order valence-corrected chi connectivity index (χ3v) is 3.42. The molecule has 0 radical (unpaired) electrons. The van der Waals surface area contributed by atoms with Crippen molar-refractivity contribution in [3.05, 3.63) is 28.2 Å². The van der Waals surface area contributed by atoms with Crippen LogP contribution in [0.2, 0.25) is 0 Å². The van der Waals surface area contributed by atoms with Crippen molar-refractivity contribution >= 4 is 15.9 Å². The lowest BCUT2D eigenvalue weighted by molar-refractivity contribution is 0.303. The quantitative estimate of drug-likeness (QED) is 0.775.